The van der Waals surface area contributed by atoms with Crippen LogP contribution >= 0.6 is 0 Å². The fourth-order valence-corrected chi connectivity index (χ4v) is 1.88. The van der Waals surface area contributed by atoms with Crippen LogP contribution in [0.3, 0.4) is 0 Å². The van der Waals surface area contributed by atoms with E-state index in [4.69, 9.17) is 4.74 Å². The molecule has 4 heteroatoms. The first-order chi connectivity index (χ1) is 8.72. The molecule has 0 aliphatic heterocycles. The van der Waals surface area contributed by atoms with Gasteiger partial charge in [-0.1, -0.05) is 18.7 Å². The lowest BCUT2D eigenvalue weighted by atomic mass is 10.3. The van der Waals surface area contributed by atoms with Gasteiger partial charge in [0, 0.05) is 19.5 Å². The van der Waals surface area contributed by atoms with Crippen molar-refractivity contribution in [3.63, 3.8) is 0 Å². The number of rotatable bonds is 5. The SMILES string of the molecule is C=CC(=O)OCCCc1nc2ccccc2n1C. The van der Waals surface area contributed by atoms with Gasteiger partial charge in [0.1, 0.15) is 5.82 Å². The van der Waals surface area contributed by atoms with E-state index in [0.29, 0.717) is 6.61 Å². The number of aryl methyl sites for hydroxylation is 2. The van der Waals surface area contributed by atoms with Gasteiger partial charge in [-0.05, 0) is 18.6 Å². The maximum atomic E-state index is 10.9. The fourth-order valence-electron chi connectivity index (χ4n) is 1.88. The van der Waals surface area contributed by atoms with E-state index in [1.807, 2.05) is 31.3 Å². The minimum Gasteiger partial charge on any atom is -0.463 e. The Hall–Kier alpha value is -2.10. The molecular formula is C14H16N2O2. The zero-order valence-electron chi connectivity index (χ0n) is 10.4. The van der Waals surface area contributed by atoms with Crippen molar-refractivity contribution in [2.24, 2.45) is 7.05 Å². The molecule has 0 aliphatic carbocycles. The molecule has 0 aliphatic rings. The number of imidazole rings is 1. The first-order valence-electron chi connectivity index (χ1n) is 5.92. The van der Waals surface area contributed by atoms with Crippen LogP contribution in [0.15, 0.2) is 36.9 Å². The maximum Gasteiger partial charge on any atom is 0.330 e. The minimum atomic E-state index is -0.375. The number of aromatic nitrogens is 2. The van der Waals surface area contributed by atoms with Crippen molar-refractivity contribution >= 4 is 17.0 Å². The Morgan fingerprint density at radius 2 is 2.28 bits per heavy atom. The Balaban J connectivity index is 1.97. The monoisotopic (exact) mass is 244 g/mol. The molecule has 2 rings (SSSR count). The molecule has 0 radical (unpaired) electrons. The smallest absolute Gasteiger partial charge is 0.330 e. The van der Waals surface area contributed by atoms with Crippen molar-refractivity contribution in [2.45, 2.75) is 12.8 Å². The van der Waals surface area contributed by atoms with E-state index in [-0.39, 0.29) is 5.97 Å². The van der Waals surface area contributed by atoms with Gasteiger partial charge in [-0.25, -0.2) is 9.78 Å². The van der Waals surface area contributed by atoms with Crippen LogP contribution in [0, 0.1) is 0 Å². The molecular weight excluding hydrogens is 228 g/mol. The van der Waals surface area contributed by atoms with Crippen LogP contribution in [0.2, 0.25) is 0 Å². The summed E-state index contributed by atoms with van der Waals surface area (Å²) in [7, 11) is 2.00. The van der Waals surface area contributed by atoms with Crippen molar-refractivity contribution in [2.75, 3.05) is 6.61 Å². The van der Waals surface area contributed by atoms with Gasteiger partial charge in [0.05, 0.1) is 17.6 Å². The number of benzene rings is 1. The van der Waals surface area contributed by atoms with Crippen LogP contribution in [-0.2, 0) is 23.0 Å². The molecule has 0 spiro atoms. The first-order valence-corrected chi connectivity index (χ1v) is 5.92. The molecule has 0 bridgehead atoms. The molecule has 0 saturated carbocycles. The summed E-state index contributed by atoms with van der Waals surface area (Å²) in [6, 6.07) is 8.02. The van der Waals surface area contributed by atoms with Crippen LogP contribution < -0.4 is 0 Å². The summed E-state index contributed by atoms with van der Waals surface area (Å²) >= 11 is 0. The standard InChI is InChI=1S/C14H16N2O2/c1-3-14(17)18-10-6-9-13-15-11-7-4-5-8-12(11)16(13)2/h3-5,7-8H,1,6,9-10H2,2H3. The molecule has 0 atom stereocenters. The maximum absolute atomic E-state index is 10.9. The number of para-hydroxylation sites is 2. The van der Waals surface area contributed by atoms with Crippen LogP contribution in [0.1, 0.15) is 12.2 Å². The Morgan fingerprint density at radius 3 is 3.00 bits per heavy atom. The average molecular weight is 244 g/mol. The van der Waals surface area contributed by atoms with Gasteiger partial charge >= 0.3 is 5.97 Å². The number of hydrogen-bond acceptors (Lipinski definition) is 3. The fraction of sp³-hybridized carbons (Fsp3) is 0.286. The summed E-state index contributed by atoms with van der Waals surface area (Å²) in [5.74, 6) is 0.630. The molecule has 0 N–H and O–H groups in total. The molecule has 1 heterocycles. The van der Waals surface area contributed by atoms with E-state index in [1.165, 1.54) is 6.08 Å². The van der Waals surface area contributed by atoms with E-state index in [2.05, 4.69) is 16.1 Å². The van der Waals surface area contributed by atoms with Crippen LogP contribution in [0.4, 0.5) is 0 Å². The minimum absolute atomic E-state index is 0.375. The van der Waals surface area contributed by atoms with Gasteiger partial charge in [-0.2, -0.15) is 0 Å². The topological polar surface area (TPSA) is 44.1 Å². The molecule has 2 aromatic rings. The molecule has 94 valence electrons. The molecule has 0 unspecified atom stereocenters. The molecule has 0 amide bonds. The highest BCUT2D eigenvalue weighted by molar-refractivity contribution is 5.81. The normalized spacial score (nSPS) is 10.5. The molecule has 18 heavy (non-hydrogen) atoms. The van der Waals surface area contributed by atoms with Gasteiger partial charge in [-0.3, -0.25) is 0 Å². The Morgan fingerprint density at radius 1 is 1.50 bits per heavy atom. The number of esters is 1. The summed E-state index contributed by atoms with van der Waals surface area (Å²) < 4.78 is 7.01. The van der Waals surface area contributed by atoms with Crippen molar-refractivity contribution < 1.29 is 9.53 Å². The predicted octanol–water partition coefficient (Wildman–Crippen LogP) is 2.24. The largest absolute Gasteiger partial charge is 0.463 e. The molecule has 1 aromatic heterocycles. The lowest BCUT2D eigenvalue weighted by Crippen LogP contribution is -2.05. The zero-order chi connectivity index (χ0) is 13.0. The highest BCUT2D eigenvalue weighted by Crippen LogP contribution is 2.15. The number of fused-ring (bicyclic) bond motifs is 1. The summed E-state index contributed by atoms with van der Waals surface area (Å²) in [4.78, 5) is 15.4. The third-order valence-corrected chi connectivity index (χ3v) is 2.84. The quantitative estimate of drug-likeness (QED) is 0.460. The third kappa shape index (κ3) is 2.59. The van der Waals surface area contributed by atoms with Crippen molar-refractivity contribution in [1.29, 1.82) is 0 Å². The lowest BCUT2D eigenvalue weighted by Gasteiger charge is -2.03. The number of hydrogen-bond donors (Lipinski definition) is 0. The molecule has 1 aromatic carbocycles. The molecule has 4 nitrogen and oxygen atoms in total. The number of ether oxygens (including phenoxy) is 1. The average Bonchev–Trinajstić information content (AvgIpc) is 2.72. The van der Waals surface area contributed by atoms with Gasteiger partial charge in [0.15, 0.2) is 0 Å². The number of nitrogens with zero attached hydrogens (tertiary/aromatic N) is 2. The van der Waals surface area contributed by atoms with E-state index in [9.17, 15) is 4.79 Å². The molecule has 0 saturated heterocycles. The second kappa shape index (κ2) is 5.49. The number of carbonyl (C=O) groups excluding carboxylic acids is 1. The summed E-state index contributed by atoms with van der Waals surface area (Å²) in [5, 5.41) is 0. The van der Waals surface area contributed by atoms with Crippen LogP contribution in [0.5, 0.6) is 0 Å². The lowest BCUT2D eigenvalue weighted by molar-refractivity contribution is -0.137. The van der Waals surface area contributed by atoms with Crippen LogP contribution in [0.25, 0.3) is 11.0 Å². The Labute approximate surface area is 106 Å². The summed E-state index contributed by atoms with van der Waals surface area (Å²) in [6.45, 7) is 3.75. The zero-order valence-corrected chi connectivity index (χ0v) is 10.4. The van der Waals surface area contributed by atoms with Crippen molar-refractivity contribution in [3.05, 3.63) is 42.7 Å². The van der Waals surface area contributed by atoms with E-state index < -0.39 is 0 Å². The molecule has 0 fully saturated rings. The van der Waals surface area contributed by atoms with Gasteiger partial charge < -0.3 is 9.30 Å². The Bertz CT molecular complexity index is 572. The first kappa shape index (κ1) is 12.4. The summed E-state index contributed by atoms with van der Waals surface area (Å²) in [5.41, 5.74) is 2.12. The van der Waals surface area contributed by atoms with Gasteiger partial charge in [0.2, 0.25) is 0 Å². The van der Waals surface area contributed by atoms with Crippen molar-refractivity contribution in [3.8, 4) is 0 Å². The predicted molar refractivity (Wildman–Crippen MR) is 70.2 cm³/mol. The van der Waals surface area contributed by atoms with E-state index >= 15 is 0 Å². The third-order valence-electron chi connectivity index (χ3n) is 2.84. The van der Waals surface area contributed by atoms with E-state index in [0.717, 1.165) is 29.7 Å². The highest BCUT2D eigenvalue weighted by Gasteiger charge is 2.06. The Kier molecular flexibility index (Phi) is 3.77. The number of carbonyl (C=O) groups is 1. The summed E-state index contributed by atoms with van der Waals surface area (Å²) in [6.07, 6.45) is 2.72. The second-order valence-electron chi connectivity index (χ2n) is 4.05. The van der Waals surface area contributed by atoms with Crippen LogP contribution in [-0.4, -0.2) is 22.1 Å². The van der Waals surface area contributed by atoms with Gasteiger partial charge in [-0.15, -0.1) is 0 Å². The highest BCUT2D eigenvalue weighted by atomic mass is 16.5. The van der Waals surface area contributed by atoms with E-state index in [1.54, 1.807) is 0 Å². The van der Waals surface area contributed by atoms with Crippen molar-refractivity contribution in [1.82, 2.24) is 9.55 Å². The van der Waals surface area contributed by atoms with Gasteiger partial charge in [0.25, 0.3) is 0 Å². The second-order valence-corrected chi connectivity index (χ2v) is 4.05.